The highest BCUT2D eigenvalue weighted by Crippen LogP contribution is 2.17. The maximum atomic E-state index is 2.36. The van der Waals surface area contributed by atoms with Crippen molar-refractivity contribution in [3.05, 3.63) is 66.8 Å². The molecule has 0 fully saturated rings. The Morgan fingerprint density at radius 2 is 1.00 bits per heavy atom. The van der Waals surface area contributed by atoms with Crippen LogP contribution in [0.15, 0.2) is 48.5 Å². The minimum absolute atomic E-state index is 1.27. The molecule has 2 heteroatoms. The lowest BCUT2D eigenvalue weighted by Crippen LogP contribution is -1.80. The van der Waals surface area contributed by atoms with Gasteiger partial charge in [0.2, 0.25) is 0 Å². The maximum Gasteiger partial charge on any atom is 0.0202 e. The average molecular weight is 432 g/mol. The van der Waals surface area contributed by atoms with Crippen LogP contribution < -0.4 is 0 Å². The fraction of sp³-hybridized carbons (Fsp3) is 0. The van der Waals surface area contributed by atoms with Crippen LogP contribution in [-0.4, -0.2) is 0 Å². The van der Waals surface area contributed by atoms with Crippen LogP contribution in [0.2, 0.25) is 0 Å². The van der Waals surface area contributed by atoms with Gasteiger partial charge in [-0.05, 0) is 68.4 Å². The van der Waals surface area contributed by atoms with Gasteiger partial charge in [0.1, 0.15) is 0 Å². The molecule has 0 saturated heterocycles. The first-order valence-electron chi connectivity index (χ1n) is 4.94. The Kier molecular flexibility index (Phi) is 4.40. The Bertz CT molecular complexity index is 468. The predicted molar refractivity (Wildman–Crippen MR) is 87.2 cm³/mol. The predicted octanol–water partition coefficient (Wildman–Crippen LogP) is 5.07. The van der Waals surface area contributed by atoms with E-state index in [2.05, 4.69) is 106 Å². The van der Waals surface area contributed by atoms with Gasteiger partial charge in [0.25, 0.3) is 0 Å². The van der Waals surface area contributed by atoms with E-state index in [4.69, 9.17) is 0 Å². The lowest BCUT2D eigenvalue weighted by Gasteiger charge is -1.99. The molecule has 0 radical (unpaired) electrons. The number of benzene rings is 2. The lowest BCUT2D eigenvalue weighted by molar-refractivity contribution is 1.58. The molecule has 0 aliphatic rings. The van der Waals surface area contributed by atoms with Crippen LogP contribution in [0.5, 0.6) is 0 Å². The van der Waals surface area contributed by atoms with Gasteiger partial charge < -0.3 is 0 Å². The van der Waals surface area contributed by atoms with E-state index in [0.717, 1.165) is 0 Å². The van der Waals surface area contributed by atoms with Crippen molar-refractivity contribution in [1.82, 2.24) is 0 Å². The van der Waals surface area contributed by atoms with Gasteiger partial charge in [-0.2, -0.15) is 0 Å². The number of hydrogen-bond acceptors (Lipinski definition) is 0. The second-order valence-electron chi connectivity index (χ2n) is 3.38. The van der Waals surface area contributed by atoms with Crippen LogP contribution in [0, 0.1) is 7.14 Å². The normalized spacial score (nSPS) is 10.9. The molecule has 0 N–H and O–H groups in total. The summed E-state index contributed by atoms with van der Waals surface area (Å²) in [6.07, 6.45) is 4.33. The van der Waals surface area contributed by atoms with E-state index in [1.807, 2.05) is 0 Å². The van der Waals surface area contributed by atoms with E-state index in [-0.39, 0.29) is 0 Å². The van der Waals surface area contributed by atoms with Gasteiger partial charge in [-0.1, -0.05) is 48.6 Å². The first-order valence-corrected chi connectivity index (χ1v) is 7.10. The quantitative estimate of drug-likeness (QED) is 0.460. The van der Waals surface area contributed by atoms with E-state index in [0.29, 0.717) is 0 Å². The smallest absolute Gasteiger partial charge is 0.0202 e. The van der Waals surface area contributed by atoms with E-state index in [1.165, 1.54) is 18.3 Å². The summed E-state index contributed by atoms with van der Waals surface area (Å²) in [5.74, 6) is 0. The summed E-state index contributed by atoms with van der Waals surface area (Å²) in [6.45, 7) is 0. The van der Waals surface area contributed by atoms with Crippen molar-refractivity contribution < 1.29 is 0 Å². The fourth-order valence-corrected chi connectivity index (χ4v) is 2.53. The van der Waals surface area contributed by atoms with Gasteiger partial charge in [0.15, 0.2) is 0 Å². The molecular formula is C14H10I2. The molecule has 16 heavy (non-hydrogen) atoms. The zero-order chi connectivity index (χ0) is 11.4. The molecule has 0 spiro atoms. The number of rotatable bonds is 2. The van der Waals surface area contributed by atoms with Gasteiger partial charge in [0.05, 0.1) is 0 Å². The molecule has 0 aliphatic carbocycles. The fourth-order valence-electron chi connectivity index (χ4n) is 1.40. The molecule has 2 aromatic carbocycles. The molecule has 0 amide bonds. The third kappa shape index (κ3) is 3.07. The van der Waals surface area contributed by atoms with Gasteiger partial charge in [-0.15, -0.1) is 0 Å². The van der Waals surface area contributed by atoms with Crippen molar-refractivity contribution in [3.63, 3.8) is 0 Å². The van der Waals surface area contributed by atoms with E-state index < -0.39 is 0 Å². The second kappa shape index (κ2) is 5.82. The van der Waals surface area contributed by atoms with Crippen LogP contribution in [0.3, 0.4) is 0 Å². The zero-order valence-corrected chi connectivity index (χ0v) is 12.8. The van der Waals surface area contributed by atoms with E-state index >= 15 is 0 Å². The highest BCUT2D eigenvalue weighted by molar-refractivity contribution is 14.1. The molecule has 0 aromatic heterocycles. The van der Waals surface area contributed by atoms with Crippen molar-refractivity contribution in [2.45, 2.75) is 0 Å². The van der Waals surface area contributed by atoms with Gasteiger partial charge in [0, 0.05) is 7.14 Å². The van der Waals surface area contributed by atoms with Crippen LogP contribution >= 0.6 is 45.2 Å². The zero-order valence-electron chi connectivity index (χ0n) is 8.53. The summed E-state index contributed by atoms with van der Waals surface area (Å²) < 4.78 is 2.56. The standard InChI is InChI=1S/C14H10I2/c15-13-7-3-1-5-11(13)9-10-12-6-2-4-8-14(12)16/h1-10H/b10-9-. The lowest BCUT2D eigenvalue weighted by atomic mass is 10.1. The summed E-state index contributed by atoms with van der Waals surface area (Å²) in [6, 6.07) is 16.8. The van der Waals surface area contributed by atoms with Crippen LogP contribution in [0.1, 0.15) is 11.1 Å². The van der Waals surface area contributed by atoms with Crippen molar-refractivity contribution in [2.24, 2.45) is 0 Å². The van der Waals surface area contributed by atoms with Crippen LogP contribution in [0.4, 0.5) is 0 Å². The Morgan fingerprint density at radius 3 is 1.38 bits per heavy atom. The third-order valence-corrected chi connectivity index (χ3v) is 4.22. The molecule has 0 heterocycles. The first-order chi connectivity index (χ1) is 7.77. The van der Waals surface area contributed by atoms with Crippen LogP contribution in [0.25, 0.3) is 12.2 Å². The van der Waals surface area contributed by atoms with Crippen molar-refractivity contribution >= 4 is 57.3 Å². The number of hydrogen-bond donors (Lipinski definition) is 0. The molecule has 0 nitrogen and oxygen atoms in total. The average Bonchev–Trinajstić information content (AvgIpc) is 2.30. The Labute approximate surface area is 123 Å². The molecule has 0 aliphatic heterocycles. The topological polar surface area (TPSA) is 0 Å². The molecule has 0 atom stereocenters. The SMILES string of the molecule is Ic1ccccc1/C=C\c1ccccc1I. The summed E-state index contributed by atoms with van der Waals surface area (Å²) in [5, 5.41) is 0. The summed E-state index contributed by atoms with van der Waals surface area (Å²) in [4.78, 5) is 0. The molecule has 2 rings (SSSR count). The van der Waals surface area contributed by atoms with Gasteiger partial charge in [-0.3, -0.25) is 0 Å². The Balaban J connectivity index is 2.29. The minimum Gasteiger partial charge on any atom is -0.0616 e. The first kappa shape index (κ1) is 12.1. The van der Waals surface area contributed by atoms with Gasteiger partial charge in [-0.25, -0.2) is 0 Å². The molecular weight excluding hydrogens is 422 g/mol. The summed E-state index contributed by atoms with van der Waals surface area (Å²) >= 11 is 4.72. The van der Waals surface area contributed by atoms with E-state index in [9.17, 15) is 0 Å². The van der Waals surface area contributed by atoms with Crippen molar-refractivity contribution in [3.8, 4) is 0 Å². The minimum atomic E-state index is 1.27. The molecule has 0 unspecified atom stereocenters. The highest BCUT2D eigenvalue weighted by Gasteiger charge is 1.95. The molecule has 0 saturated carbocycles. The number of halogens is 2. The third-order valence-electron chi connectivity index (χ3n) is 2.25. The summed E-state index contributed by atoms with van der Waals surface area (Å²) in [7, 11) is 0. The highest BCUT2D eigenvalue weighted by atomic mass is 127. The second-order valence-corrected chi connectivity index (χ2v) is 5.70. The Morgan fingerprint density at radius 1 is 0.625 bits per heavy atom. The maximum absolute atomic E-state index is 2.36. The molecule has 2 aromatic rings. The van der Waals surface area contributed by atoms with Crippen LogP contribution in [-0.2, 0) is 0 Å². The largest absolute Gasteiger partial charge is 0.0616 e. The summed E-state index contributed by atoms with van der Waals surface area (Å²) in [5.41, 5.74) is 2.53. The Hall–Kier alpha value is -0.360. The monoisotopic (exact) mass is 432 g/mol. The van der Waals surface area contributed by atoms with E-state index in [1.54, 1.807) is 0 Å². The molecule has 80 valence electrons. The van der Waals surface area contributed by atoms with Crippen molar-refractivity contribution in [2.75, 3.05) is 0 Å². The molecule has 0 bridgehead atoms. The van der Waals surface area contributed by atoms with Gasteiger partial charge >= 0.3 is 0 Å². The van der Waals surface area contributed by atoms with Crippen molar-refractivity contribution in [1.29, 1.82) is 0 Å².